The van der Waals surface area contributed by atoms with Gasteiger partial charge in [0.05, 0.1) is 26.4 Å². The first-order valence-corrected chi connectivity index (χ1v) is 3.31. The molecule has 4 heteroatoms. The van der Waals surface area contributed by atoms with Gasteiger partial charge in [-0.25, -0.2) is 0 Å². The predicted molar refractivity (Wildman–Crippen MR) is 33.7 cm³/mol. The van der Waals surface area contributed by atoms with E-state index < -0.39 is 0 Å². The van der Waals surface area contributed by atoms with Gasteiger partial charge in [-0.1, -0.05) is 0 Å². The number of aliphatic hydroxyl groups excluding tert-OH is 2. The van der Waals surface area contributed by atoms with Crippen LogP contribution in [0.5, 0.6) is 0 Å². The fourth-order valence-corrected chi connectivity index (χ4v) is 0.347. The number of epoxide rings is 2. The molecule has 0 aromatic rings. The Morgan fingerprint density at radius 2 is 1.30 bits per heavy atom. The van der Waals surface area contributed by atoms with Crippen molar-refractivity contribution in [2.75, 3.05) is 26.4 Å². The van der Waals surface area contributed by atoms with Gasteiger partial charge in [0.1, 0.15) is 12.2 Å². The first-order chi connectivity index (χ1) is 4.86. The minimum Gasteiger partial charge on any atom is -0.394 e. The lowest BCUT2D eigenvalue weighted by molar-refractivity contribution is 0.244. The summed E-state index contributed by atoms with van der Waals surface area (Å²) in [4.78, 5) is 0. The van der Waals surface area contributed by atoms with E-state index in [4.69, 9.17) is 10.2 Å². The van der Waals surface area contributed by atoms with Gasteiger partial charge < -0.3 is 19.7 Å². The molecule has 0 aromatic carbocycles. The van der Waals surface area contributed by atoms with Crippen LogP contribution in [0.4, 0.5) is 0 Å². The molecule has 4 nitrogen and oxygen atoms in total. The van der Waals surface area contributed by atoms with Crippen molar-refractivity contribution in [1.29, 1.82) is 0 Å². The summed E-state index contributed by atoms with van der Waals surface area (Å²) in [6.45, 7) is 1.91. The zero-order chi connectivity index (χ0) is 7.40. The second-order valence-electron chi connectivity index (χ2n) is 2.28. The highest BCUT2D eigenvalue weighted by atomic mass is 16.6. The summed E-state index contributed by atoms with van der Waals surface area (Å²) in [5, 5.41) is 16.2. The third kappa shape index (κ3) is 3.79. The largest absolute Gasteiger partial charge is 0.394 e. The molecule has 0 amide bonds. The zero-order valence-electron chi connectivity index (χ0n) is 5.69. The summed E-state index contributed by atoms with van der Waals surface area (Å²) >= 11 is 0. The minimum absolute atomic E-state index is 0.190. The first kappa shape index (κ1) is 7.94. The Balaban J connectivity index is 0.0000001000. The van der Waals surface area contributed by atoms with Crippen LogP contribution in [-0.2, 0) is 9.47 Å². The molecule has 2 aliphatic heterocycles. The van der Waals surface area contributed by atoms with Crippen LogP contribution in [0, 0.1) is 0 Å². The van der Waals surface area contributed by atoms with Crippen molar-refractivity contribution in [2.45, 2.75) is 12.2 Å². The van der Waals surface area contributed by atoms with E-state index in [2.05, 4.69) is 9.47 Å². The molecule has 0 unspecified atom stereocenters. The van der Waals surface area contributed by atoms with Crippen LogP contribution in [0.25, 0.3) is 0 Å². The van der Waals surface area contributed by atoms with Crippen LogP contribution >= 0.6 is 0 Å². The molecule has 2 rings (SSSR count). The van der Waals surface area contributed by atoms with Gasteiger partial charge in [0.2, 0.25) is 0 Å². The first-order valence-electron chi connectivity index (χ1n) is 3.31. The maximum atomic E-state index is 8.08. The maximum absolute atomic E-state index is 8.08. The Morgan fingerprint density at radius 3 is 1.30 bits per heavy atom. The van der Waals surface area contributed by atoms with E-state index in [9.17, 15) is 0 Å². The monoisotopic (exact) mass is 148 g/mol. The topological polar surface area (TPSA) is 65.5 Å². The van der Waals surface area contributed by atoms with E-state index in [1.807, 2.05) is 0 Å². The molecule has 0 bridgehead atoms. The SMILES string of the molecule is OC[C@H]1CO1.OC[C@H]1CO1. The summed E-state index contributed by atoms with van der Waals surface area (Å²) in [6, 6.07) is 0. The van der Waals surface area contributed by atoms with Crippen LogP contribution in [0.1, 0.15) is 0 Å². The van der Waals surface area contributed by atoms with E-state index in [0.29, 0.717) is 0 Å². The highest BCUT2D eigenvalue weighted by Gasteiger charge is 2.20. The average molecular weight is 148 g/mol. The fraction of sp³-hybridized carbons (Fsp3) is 1.00. The summed E-state index contributed by atoms with van der Waals surface area (Å²) in [7, 11) is 0. The molecule has 2 aliphatic rings. The van der Waals surface area contributed by atoms with Gasteiger partial charge in [-0.05, 0) is 0 Å². The van der Waals surface area contributed by atoms with Gasteiger partial charge in [-0.3, -0.25) is 0 Å². The van der Waals surface area contributed by atoms with Crippen molar-refractivity contribution in [3.05, 3.63) is 0 Å². The van der Waals surface area contributed by atoms with Crippen molar-refractivity contribution in [3.63, 3.8) is 0 Å². The Hall–Kier alpha value is -0.160. The van der Waals surface area contributed by atoms with E-state index in [1.54, 1.807) is 0 Å². The highest BCUT2D eigenvalue weighted by molar-refractivity contribution is 4.65. The van der Waals surface area contributed by atoms with E-state index in [0.717, 1.165) is 13.2 Å². The second kappa shape index (κ2) is 3.88. The molecular weight excluding hydrogens is 136 g/mol. The lowest BCUT2D eigenvalue weighted by atomic mass is 10.5. The third-order valence-electron chi connectivity index (χ3n) is 1.21. The minimum atomic E-state index is 0.190. The van der Waals surface area contributed by atoms with Gasteiger partial charge in [-0.15, -0.1) is 0 Å². The molecule has 0 aliphatic carbocycles. The number of hydrogen-bond acceptors (Lipinski definition) is 4. The molecule has 0 spiro atoms. The molecule has 60 valence electrons. The quantitative estimate of drug-likeness (QED) is 0.480. The van der Waals surface area contributed by atoms with E-state index >= 15 is 0 Å². The van der Waals surface area contributed by atoms with Gasteiger partial charge in [-0.2, -0.15) is 0 Å². The van der Waals surface area contributed by atoms with E-state index in [1.165, 1.54) is 0 Å². The summed E-state index contributed by atoms with van der Waals surface area (Å²) in [5.74, 6) is 0. The Kier molecular flexibility index (Phi) is 3.08. The van der Waals surface area contributed by atoms with Crippen molar-refractivity contribution in [3.8, 4) is 0 Å². The molecule has 0 radical (unpaired) electrons. The number of hydrogen-bond donors (Lipinski definition) is 2. The lowest BCUT2D eigenvalue weighted by Crippen LogP contribution is -1.88. The lowest BCUT2D eigenvalue weighted by Gasteiger charge is -1.70. The van der Waals surface area contributed by atoms with Crippen molar-refractivity contribution in [2.24, 2.45) is 0 Å². The van der Waals surface area contributed by atoms with Crippen molar-refractivity contribution in [1.82, 2.24) is 0 Å². The number of ether oxygens (including phenoxy) is 2. The molecule has 2 fully saturated rings. The number of rotatable bonds is 2. The fourth-order valence-electron chi connectivity index (χ4n) is 0.347. The van der Waals surface area contributed by atoms with Gasteiger partial charge in [0.15, 0.2) is 0 Å². The smallest absolute Gasteiger partial charge is 0.104 e. The molecule has 2 atom stereocenters. The predicted octanol–water partition coefficient (Wildman–Crippen LogP) is -1.24. The molecule has 0 aromatic heterocycles. The zero-order valence-corrected chi connectivity index (χ0v) is 5.69. The van der Waals surface area contributed by atoms with Gasteiger partial charge in [0, 0.05) is 0 Å². The molecule has 2 N–H and O–H groups in total. The molecule has 10 heavy (non-hydrogen) atoms. The molecule has 2 heterocycles. The second-order valence-corrected chi connectivity index (χ2v) is 2.28. The maximum Gasteiger partial charge on any atom is 0.104 e. The summed E-state index contributed by atoms with van der Waals surface area (Å²) in [6.07, 6.45) is 0.380. The molecular formula is C6H12O4. The van der Waals surface area contributed by atoms with Crippen molar-refractivity contribution < 1.29 is 19.7 Å². The van der Waals surface area contributed by atoms with Crippen LogP contribution in [0.3, 0.4) is 0 Å². The van der Waals surface area contributed by atoms with Crippen LogP contribution in [0.2, 0.25) is 0 Å². The third-order valence-corrected chi connectivity index (χ3v) is 1.21. The Morgan fingerprint density at radius 1 is 1.00 bits per heavy atom. The average Bonchev–Trinajstić information content (AvgIpc) is 2.86. The normalized spacial score (nSPS) is 34.2. The number of aliphatic hydroxyl groups is 2. The van der Waals surface area contributed by atoms with Gasteiger partial charge in [0.25, 0.3) is 0 Å². The standard InChI is InChI=1S/2C3H6O2/c2*4-1-3-2-5-3/h2*3-4H,1-2H2/t2*3-/m00/s1. The summed E-state index contributed by atoms with van der Waals surface area (Å²) in [5.41, 5.74) is 0. The molecule has 0 saturated carbocycles. The van der Waals surface area contributed by atoms with E-state index in [-0.39, 0.29) is 25.4 Å². The van der Waals surface area contributed by atoms with Crippen molar-refractivity contribution >= 4 is 0 Å². The molecule has 2 saturated heterocycles. The van der Waals surface area contributed by atoms with Gasteiger partial charge >= 0.3 is 0 Å². The Labute approximate surface area is 59.4 Å². The summed E-state index contributed by atoms with van der Waals surface area (Å²) < 4.78 is 9.22. The highest BCUT2D eigenvalue weighted by Crippen LogP contribution is 2.05. The van der Waals surface area contributed by atoms with Crippen LogP contribution in [-0.4, -0.2) is 48.8 Å². The van der Waals surface area contributed by atoms with Crippen LogP contribution < -0.4 is 0 Å². The van der Waals surface area contributed by atoms with Crippen LogP contribution in [0.15, 0.2) is 0 Å². The Bertz CT molecular complexity index is 75.7.